The highest BCUT2D eigenvalue weighted by Crippen LogP contribution is 2.27. The van der Waals surface area contributed by atoms with Gasteiger partial charge in [-0.05, 0) is 34.2 Å². The predicted molar refractivity (Wildman–Crippen MR) is 79.8 cm³/mol. The highest BCUT2D eigenvalue weighted by Gasteiger charge is 2.31. The lowest BCUT2D eigenvalue weighted by Gasteiger charge is -2.28. The number of aromatic amines is 1. The van der Waals surface area contributed by atoms with Crippen LogP contribution in [-0.2, 0) is 4.79 Å². The summed E-state index contributed by atoms with van der Waals surface area (Å²) in [4.78, 5) is 23.2. The Labute approximate surface area is 122 Å². The second-order valence-electron chi connectivity index (χ2n) is 5.35. The van der Waals surface area contributed by atoms with Gasteiger partial charge in [-0.25, -0.2) is 9.89 Å². The molecule has 1 aromatic rings. The summed E-state index contributed by atoms with van der Waals surface area (Å²) in [7, 11) is 1.71. The molecule has 2 unspecified atom stereocenters. The van der Waals surface area contributed by atoms with Crippen LogP contribution in [0.25, 0.3) is 0 Å². The minimum atomic E-state index is -0.772. The van der Waals surface area contributed by atoms with E-state index >= 15 is 0 Å². The van der Waals surface area contributed by atoms with Gasteiger partial charge in [0, 0.05) is 11.3 Å². The number of amides is 1. The summed E-state index contributed by atoms with van der Waals surface area (Å²) in [6.07, 6.45) is 0.544. The number of hydrogen-bond donors (Lipinski definition) is 3. The molecule has 0 saturated carbocycles. The predicted octanol–water partition coefficient (Wildman–Crippen LogP) is 0.486. The number of primary amides is 1. The van der Waals surface area contributed by atoms with Crippen molar-refractivity contribution in [1.29, 1.82) is 0 Å². The smallest absolute Gasteiger partial charge is 0.344 e. The van der Waals surface area contributed by atoms with E-state index in [0.29, 0.717) is 11.6 Å². The highest BCUT2D eigenvalue weighted by atomic mass is 32.2. The summed E-state index contributed by atoms with van der Waals surface area (Å²) in [5, 5.41) is 10.1. The third-order valence-corrected chi connectivity index (χ3v) is 4.35. The van der Waals surface area contributed by atoms with Gasteiger partial charge in [-0.3, -0.25) is 9.36 Å². The fourth-order valence-corrected chi connectivity index (χ4v) is 3.23. The Morgan fingerprint density at radius 2 is 2.15 bits per heavy atom. The molecule has 114 valence electrons. The summed E-state index contributed by atoms with van der Waals surface area (Å²) in [5.74, 6) is -0.393. The van der Waals surface area contributed by atoms with Crippen LogP contribution in [-0.4, -0.2) is 38.5 Å². The number of rotatable bonds is 7. The van der Waals surface area contributed by atoms with Crippen molar-refractivity contribution in [3.05, 3.63) is 10.5 Å². The summed E-state index contributed by atoms with van der Waals surface area (Å²) in [5.41, 5.74) is 4.42. The van der Waals surface area contributed by atoms with E-state index in [1.165, 1.54) is 11.8 Å². The molecular weight excluding hydrogens is 278 g/mol. The molecule has 0 spiro atoms. The normalized spacial score (nSPS) is 16.1. The van der Waals surface area contributed by atoms with E-state index in [4.69, 9.17) is 5.73 Å². The average Bonchev–Trinajstić information content (AvgIpc) is 2.69. The lowest BCUT2D eigenvalue weighted by molar-refractivity contribution is -0.123. The molecule has 1 heterocycles. The van der Waals surface area contributed by atoms with Crippen LogP contribution in [0.15, 0.2) is 9.95 Å². The van der Waals surface area contributed by atoms with Crippen LogP contribution in [0.5, 0.6) is 0 Å². The standard InChI is InChI=1S/C12H23N5O2S/c1-7(2)17-10(19)15-16-11(17)20-8(3)6-12(4,14-5)9(13)18/h7-8,14H,6H2,1-5H3,(H2,13,18)(H,15,19). The van der Waals surface area contributed by atoms with Gasteiger partial charge in [0.05, 0.1) is 5.54 Å². The Kier molecular flexibility index (Phi) is 5.41. The molecule has 0 aliphatic rings. The Morgan fingerprint density at radius 3 is 2.60 bits per heavy atom. The maximum absolute atomic E-state index is 11.7. The first-order valence-electron chi connectivity index (χ1n) is 6.53. The number of nitrogens with zero attached hydrogens (tertiary/aromatic N) is 2. The monoisotopic (exact) mass is 301 g/mol. The first-order valence-corrected chi connectivity index (χ1v) is 7.41. The Bertz CT molecular complexity index is 524. The van der Waals surface area contributed by atoms with E-state index in [0.717, 1.165) is 0 Å². The van der Waals surface area contributed by atoms with E-state index < -0.39 is 11.4 Å². The lowest BCUT2D eigenvalue weighted by Crippen LogP contribution is -2.52. The number of nitrogens with one attached hydrogen (secondary N) is 2. The zero-order chi connectivity index (χ0) is 15.5. The van der Waals surface area contributed by atoms with E-state index in [-0.39, 0.29) is 17.0 Å². The minimum absolute atomic E-state index is 0.0303. The molecule has 2 atom stereocenters. The topological polar surface area (TPSA) is 106 Å². The summed E-state index contributed by atoms with van der Waals surface area (Å²) >= 11 is 1.45. The number of carbonyl (C=O) groups excluding carboxylic acids is 1. The molecule has 7 nitrogen and oxygen atoms in total. The van der Waals surface area contributed by atoms with Crippen molar-refractivity contribution in [1.82, 2.24) is 20.1 Å². The third-order valence-electron chi connectivity index (χ3n) is 3.29. The van der Waals surface area contributed by atoms with E-state index in [1.807, 2.05) is 20.8 Å². The van der Waals surface area contributed by atoms with Gasteiger partial charge in [0.1, 0.15) is 0 Å². The number of hydrogen-bond acceptors (Lipinski definition) is 5. The molecule has 0 aliphatic carbocycles. The van der Waals surface area contributed by atoms with Crippen LogP contribution >= 0.6 is 11.8 Å². The van der Waals surface area contributed by atoms with Gasteiger partial charge >= 0.3 is 5.69 Å². The van der Waals surface area contributed by atoms with Gasteiger partial charge in [0.15, 0.2) is 5.16 Å². The lowest BCUT2D eigenvalue weighted by atomic mass is 9.95. The van der Waals surface area contributed by atoms with E-state index in [1.54, 1.807) is 18.5 Å². The van der Waals surface area contributed by atoms with Crippen molar-refractivity contribution in [3.8, 4) is 0 Å². The first-order chi connectivity index (χ1) is 9.21. The third kappa shape index (κ3) is 3.63. The highest BCUT2D eigenvalue weighted by molar-refractivity contribution is 7.99. The quantitative estimate of drug-likeness (QED) is 0.635. The fraction of sp³-hybridized carbons (Fsp3) is 0.750. The van der Waals surface area contributed by atoms with Gasteiger partial charge in [0.2, 0.25) is 5.91 Å². The Balaban J connectivity index is 2.84. The molecular formula is C12H23N5O2S. The second-order valence-corrected chi connectivity index (χ2v) is 6.76. The van der Waals surface area contributed by atoms with Crippen molar-refractivity contribution in [2.75, 3.05) is 7.05 Å². The molecule has 0 aromatic carbocycles. The van der Waals surface area contributed by atoms with Crippen molar-refractivity contribution in [2.24, 2.45) is 5.73 Å². The van der Waals surface area contributed by atoms with E-state index in [9.17, 15) is 9.59 Å². The number of likely N-dealkylation sites (N-methyl/N-ethyl adjacent to an activating group) is 1. The molecule has 0 aliphatic heterocycles. The second kappa shape index (κ2) is 6.45. The van der Waals surface area contributed by atoms with Crippen LogP contribution in [0.2, 0.25) is 0 Å². The van der Waals surface area contributed by atoms with Crippen LogP contribution in [0, 0.1) is 0 Å². The van der Waals surface area contributed by atoms with Crippen LogP contribution in [0.4, 0.5) is 0 Å². The van der Waals surface area contributed by atoms with Gasteiger partial charge < -0.3 is 11.1 Å². The van der Waals surface area contributed by atoms with Crippen molar-refractivity contribution < 1.29 is 4.79 Å². The van der Waals surface area contributed by atoms with Crippen LogP contribution in [0.1, 0.15) is 40.2 Å². The summed E-state index contributed by atoms with van der Waals surface area (Å²) in [6.45, 7) is 7.60. The van der Waals surface area contributed by atoms with Gasteiger partial charge in [-0.15, -0.1) is 5.10 Å². The molecule has 0 radical (unpaired) electrons. The maximum Gasteiger partial charge on any atom is 0.344 e. The van der Waals surface area contributed by atoms with E-state index in [2.05, 4.69) is 15.5 Å². The molecule has 20 heavy (non-hydrogen) atoms. The van der Waals surface area contributed by atoms with Crippen LogP contribution < -0.4 is 16.7 Å². The van der Waals surface area contributed by atoms with Gasteiger partial charge in [0.25, 0.3) is 0 Å². The first kappa shape index (κ1) is 16.8. The van der Waals surface area contributed by atoms with Gasteiger partial charge in [-0.2, -0.15) is 0 Å². The minimum Gasteiger partial charge on any atom is -0.368 e. The maximum atomic E-state index is 11.7. The molecule has 0 saturated heterocycles. The van der Waals surface area contributed by atoms with Crippen molar-refractivity contribution in [2.45, 2.75) is 56.1 Å². The Morgan fingerprint density at radius 1 is 1.55 bits per heavy atom. The number of nitrogens with two attached hydrogens (primary N) is 1. The van der Waals surface area contributed by atoms with Crippen molar-refractivity contribution >= 4 is 17.7 Å². The SMILES string of the molecule is CNC(C)(CC(C)Sc1n[nH]c(=O)n1C(C)C)C(N)=O. The molecule has 0 bridgehead atoms. The molecule has 1 rings (SSSR count). The summed E-state index contributed by atoms with van der Waals surface area (Å²) < 4.78 is 1.60. The fourth-order valence-electron chi connectivity index (χ4n) is 1.95. The van der Waals surface area contributed by atoms with Crippen LogP contribution in [0.3, 0.4) is 0 Å². The summed E-state index contributed by atoms with van der Waals surface area (Å²) in [6, 6.07) is 0.0303. The number of carbonyl (C=O) groups is 1. The number of aromatic nitrogens is 3. The molecule has 0 fully saturated rings. The van der Waals surface area contributed by atoms with Crippen molar-refractivity contribution in [3.63, 3.8) is 0 Å². The molecule has 8 heteroatoms. The molecule has 4 N–H and O–H groups in total. The molecule has 1 aromatic heterocycles. The number of H-pyrrole nitrogens is 1. The zero-order valence-electron chi connectivity index (χ0n) is 12.6. The molecule has 1 amide bonds. The average molecular weight is 301 g/mol. The zero-order valence-corrected chi connectivity index (χ0v) is 13.4. The van der Waals surface area contributed by atoms with Gasteiger partial charge in [-0.1, -0.05) is 18.7 Å². The number of thioether (sulfide) groups is 1. The Hall–Kier alpha value is -1.28. The largest absolute Gasteiger partial charge is 0.368 e.